The summed E-state index contributed by atoms with van der Waals surface area (Å²) < 4.78 is 4.95. The van der Waals surface area contributed by atoms with E-state index in [9.17, 15) is 10.2 Å². The third kappa shape index (κ3) is 2.92. The number of azo groups is 1. The van der Waals surface area contributed by atoms with Gasteiger partial charge in [-0.05, 0) is 24.3 Å². The van der Waals surface area contributed by atoms with Gasteiger partial charge in [0.25, 0.3) is 0 Å². The number of nitrogens with zero attached hydrogens (tertiary/aromatic N) is 2. The Labute approximate surface area is 109 Å². The standard InChI is InChI=1S/C13H12N2O4/c1-19-9-3-5-11(13(18)7-9)15-14-10-4-2-8(16)6-12(10)17/h2-7,16-18H,1H3. The molecule has 0 bridgehead atoms. The monoisotopic (exact) mass is 260 g/mol. The van der Waals surface area contributed by atoms with Crippen LogP contribution in [0.2, 0.25) is 0 Å². The number of hydrogen-bond acceptors (Lipinski definition) is 6. The van der Waals surface area contributed by atoms with Crippen molar-refractivity contribution >= 4 is 11.4 Å². The molecule has 0 spiro atoms. The Morgan fingerprint density at radius 2 is 1.42 bits per heavy atom. The van der Waals surface area contributed by atoms with Gasteiger partial charge in [0.15, 0.2) is 0 Å². The lowest BCUT2D eigenvalue weighted by molar-refractivity contribution is 0.408. The first-order chi connectivity index (χ1) is 9.10. The van der Waals surface area contributed by atoms with E-state index in [0.717, 1.165) is 6.07 Å². The van der Waals surface area contributed by atoms with Crippen LogP contribution < -0.4 is 4.74 Å². The van der Waals surface area contributed by atoms with Crippen LogP contribution in [-0.4, -0.2) is 22.4 Å². The van der Waals surface area contributed by atoms with Crippen molar-refractivity contribution in [2.75, 3.05) is 7.11 Å². The van der Waals surface area contributed by atoms with Crippen molar-refractivity contribution in [2.45, 2.75) is 0 Å². The van der Waals surface area contributed by atoms with Gasteiger partial charge >= 0.3 is 0 Å². The zero-order chi connectivity index (χ0) is 13.8. The maximum absolute atomic E-state index is 9.68. The summed E-state index contributed by atoms with van der Waals surface area (Å²) in [6.45, 7) is 0. The lowest BCUT2D eigenvalue weighted by atomic mass is 10.3. The van der Waals surface area contributed by atoms with Gasteiger partial charge in [-0.15, -0.1) is 10.2 Å². The van der Waals surface area contributed by atoms with Crippen molar-refractivity contribution in [3.8, 4) is 23.0 Å². The molecule has 0 heterocycles. The molecule has 6 nitrogen and oxygen atoms in total. The van der Waals surface area contributed by atoms with Crippen LogP contribution in [0.15, 0.2) is 46.6 Å². The molecule has 0 aliphatic heterocycles. The van der Waals surface area contributed by atoms with Gasteiger partial charge in [0.2, 0.25) is 0 Å². The summed E-state index contributed by atoms with van der Waals surface area (Å²) in [5.74, 6) is 0.158. The van der Waals surface area contributed by atoms with Crippen molar-refractivity contribution in [2.24, 2.45) is 10.2 Å². The lowest BCUT2D eigenvalue weighted by Crippen LogP contribution is -1.80. The number of rotatable bonds is 3. The molecule has 0 amide bonds. The van der Waals surface area contributed by atoms with Crippen LogP contribution in [0.4, 0.5) is 11.4 Å². The number of benzene rings is 2. The molecule has 0 unspecified atom stereocenters. The van der Waals surface area contributed by atoms with Crippen molar-refractivity contribution < 1.29 is 20.1 Å². The lowest BCUT2D eigenvalue weighted by Gasteiger charge is -2.02. The van der Waals surface area contributed by atoms with E-state index in [0.29, 0.717) is 5.75 Å². The van der Waals surface area contributed by atoms with E-state index in [1.54, 1.807) is 6.07 Å². The van der Waals surface area contributed by atoms with Crippen LogP contribution in [-0.2, 0) is 0 Å². The fourth-order valence-corrected chi connectivity index (χ4v) is 1.42. The van der Waals surface area contributed by atoms with Crippen LogP contribution in [0.1, 0.15) is 0 Å². The quantitative estimate of drug-likeness (QED) is 0.738. The molecule has 0 aromatic heterocycles. The summed E-state index contributed by atoms with van der Waals surface area (Å²) >= 11 is 0. The summed E-state index contributed by atoms with van der Waals surface area (Å²) in [6, 6.07) is 8.52. The summed E-state index contributed by atoms with van der Waals surface area (Å²) in [5.41, 5.74) is 0.432. The van der Waals surface area contributed by atoms with E-state index in [1.165, 1.54) is 31.4 Å². The summed E-state index contributed by atoms with van der Waals surface area (Å²) in [7, 11) is 1.49. The van der Waals surface area contributed by atoms with Gasteiger partial charge in [-0.25, -0.2) is 0 Å². The predicted molar refractivity (Wildman–Crippen MR) is 68.6 cm³/mol. The Morgan fingerprint density at radius 3 is 1.95 bits per heavy atom. The molecular formula is C13H12N2O4. The highest BCUT2D eigenvalue weighted by molar-refractivity contribution is 5.56. The Morgan fingerprint density at radius 1 is 0.842 bits per heavy atom. The van der Waals surface area contributed by atoms with E-state index in [1.807, 2.05) is 0 Å². The number of aromatic hydroxyl groups is 3. The van der Waals surface area contributed by atoms with Crippen molar-refractivity contribution in [3.63, 3.8) is 0 Å². The summed E-state index contributed by atoms with van der Waals surface area (Å²) in [5, 5.41) is 36.0. The topological polar surface area (TPSA) is 94.6 Å². The minimum atomic E-state index is -0.197. The number of phenols is 3. The zero-order valence-electron chi connectivity index (χ0n) is 10.1. The minimum absolute atomic E-state index is 0.0660. The molecule has 0 fully saturated rings. The highest BCUT2D eigenvalue weighted by Gasteiger charge is 2.04. The molecule has 0 atom stereocenters. The molecule has 0 saturated heterocycles. The Bertz CT molecular complexity index is 626. The first-order valence-corrected chi connectivity index (χ1v) is 5.41. The Hall–Kier alpha value is -2.76. The van der Waals surface area contributed by atoms with Gasteiger partial charge in [-0.2, -0.15) is 0 Å². The second-order valence-electron chi connectivity index (χ2n) is 3.73. The second kappa shape index (κ2) is 5.26. The Balaban J connectivity index is 2.27. The first-order valence-electron chi connectivity index (χ1n) is 5.41. The normalized spacial score (nSPS) is 10.8. The van der Waals surface area contributed by atoms with Gasteiger partial charge in [0.1, 0.15) is 34.4 Å². The van der Waals surface area contributed by atoms with Crippen molar-refractivity contribution in [1.29, 1.82) is 0 Å². The van der Waals surface area contributed by atoms with E-state index in [4.69, 9.17) is 9.84 Å². The van der Waals surface area contributed by atoms with E-state index in [2.05, 4.69) is 10.2 Å². The van der Waals surface area contributed by atoms with Gasteiger partial charge in [-0.3, -0.25) is 0 Å². The molecular weight excluding hydrogens is 248 g/mol. The maximum atomic E-state index is 9.68. The van der Waals surface area contributed by atoms with Gasteiger partial charge in [0.05, 0.1) is 7.11 Å². The smallest absolute Gasteiger partial charge is 0.146 e. The molecule has 2 rings (SSSR count). The number of phenolic OH excluding ortho intramolecular Hbond substituents is 3. The molecule has 0 aliphatic rings. The SMILES string of the molecule is COc1ccc(N=Nc2ccc(O)cc2O)c(O)c1. The Kier molecular flexibility index (Phi) is 3.51. The third-order valence-electron chi connectivity index (χ3n) is 2.41. The number of ether oxygens (including phenoxy) is 1. The van der Waals surface area contributed by atoms with Crippen LogP contribution >= 0.6 is 0 Å². The van der Waals surface area contributed by atoms with Crippen LogP contribution in [0.5, 0.6) is 23.0 Å². The van der Waals surface area contributed by atoms with Crippen molar-refractivity contribution in [1.82, 2.24) is 0 Å². The second-order valence-corrected chi connectivity index (χ2v) is 3.73. The summed E-state index contributed by atoms with van der Waals surface area (Å²) in [6.07, 6.45) is 0. The highest BCUT2D eigenvalue weighted by atomic mass is 16.5. The van der Waals surface area contributed by atoms with E-state index < -0.39 is 0 Å². The fraction of sp³-hybridized carbons (Fsp3) is 0.0769. The average molecular weight is 260 g/mol. The van der Waals surface area contributed by atoms with Gasteiger partial charge in [0, 0.05) is 12.1 Å². The van der Waals surface area contributed by atoms with Crippen LogP contribution in [0, 0.1) is 0 Å². The molecule has 19 heavy (non-hydrogen) atoms. The maximum Gasteiger partial charge on any atom is 0.146 e. The minimum Gasteiger partial charge on any atom is -0.508 e. The zero-order valence-corrected chi connectivity index (χ0v) is 10.1. The number of hydrogen-bond donors (Lipinski definition) is 3. The largest absolute Gasteiger partial charge is 0.508 e. The molecule has 0 radical (unpaired) electrons. The molecule has 3 N–H and O–H groups in total. The van der Waals surface area contributed by atoms with Crippen LogP contribution in [0.3, 0.4) is 0 Å². The van der Waals surface area contributed by atoms with E-state index in [-0.39, 0.29) is 28.6 Å². The number of methoxy groups -OCH3 is 1. The first kappa shape index (κ1) is 12.7. The molecule has 6 heteroatoms. The molecule has 0 saturated carbocycles. The highest BCUT2D eigenvalue weighted by Crippen LogP contribution is 2.34. The van der Waals surface area contributed by atoms with Gasteiger partial charge < -0.3 is 20.1 Å². The molecule has 2 aromatic rings. The molecule has 0 aliphatic carbocycles. The average Bonchev–Trinajstić information content (AvgIpc) is 2.39. The summed E-state index contributed by atoms with van der Waals surface area (Å²) in [4.78, 5) is 0. The van der Waals surface area contributed by atoms with Crippen molar-refractivity contribution in [3.05, 3.63) is 36.4 Å². The van der Waals surface area contributed by atoms with Gasteiger partial charge in [-0.1, -0.05) is 0 Å². The molecule has 98 valence electrons. The molecule has 2 aromatic carbocycles. The predicted octanol–water partition coefficient (Wildman–Crippen LogP) is 3.23. The van der Waals surface area contributed by atoms with Crippen LogP contribution in [0.25, 0.3) is 0 Å². The third-order valence-corrected chi connectivity index (χ3v) is 2.41. The van der Waals surface area contributed by atoms with E-state index >= 15 is 0 Å². The fourth-order valence-electron chi connectivity index (χ4n) is 1.42.